The van der Waals surface area contributed by atoms with Gasteiger partial charge in [-0.2, -0.15) is 0 Å². The molecule has 1 unspecified atom stereocenters. The summed E-state index contributed by atoms with van der Waals surface area (Å²) in [5, 5.41) is 24.8. The molecule has 43 heavy (non-hydrogen) atoms. The Hall–Kier alpha value is -4.10. The lowest BCUT2D eigenvalue weighted by Gasteiger charge is -2.30. The van der Waals surface area contributed by atoms with E-state index >= 15 is 0 Å². The average Bonchev–Trinajstić information content (AvgIpc) is 3.45. The number of aliphatic hydroxyl groups excluding tert-OH is 1. The van der Waals surface area contributed by atoms with Crippen LogP contribution in [0.1, 0.15) is 38.3 Å². The average molecular weight is 616 g/mol. The summed E-state index contributed by atoms with van der Waals surface area (Å²) >= 11 is 1.27. The van der Waals surface area contributed by atoms with Crippen LogP contribution in [0.5, 0.6) is 0 Å². The van der Waals surface area contributed by atoms with E-state index in [4.69, 9.17) is 9.47 Å². The second kappa shape index (κ2) is 15.4. The summed E-state index contributed by atoms with van der Waals surface area (Å²) < 4.78 is 10.6. The first-order valence-corrected chi connectivity index (χ1v) is 14.8. The highest BCUT2D eigenvalue weighted by Crippen LogP contribution is 2.24. The van der Waals surface area contributed by atoms with Crippen LogP contribution in [0.4, 0.5) is 4.79 Å². The van der Waals surface area contributed by atoms with Gasteiger partial charge in [0.2, 0.25) is 11.8 Å². The molecular weight excluding hydrogens is 578 g/mol. The number of hydrogen-bond acceptors (Lipinski definition) is 9. The summed E-state index contributed by atoms with van der Waals surface area (Å²) in [6, 6.07) is 14.0. The molecule has 4 N–H and O–H groups in total. The third-order valence-corrected chi connectivity index (χ3v) is 7.33. The van der Waals surface area contributed by atoms with Gasteiger partial charge in [0.1, 0.15) is 24.3 Å². The first-order valence-electron chi connectivity index (χ1n) is 13.7. The summed E-state index contributed by atoms with van der Waals surface area (Å²) in [6.45, 7) is 4.92. The van der Waals surface area contributed by atoms with E-state index in [1.54, 1.807) is 75.4 Å². The Labute approximate surface area is 254 Å². The predicted molar refractivity (Wildman–Crippen MR) is 158 cm³/mol. The maximum absolute atomic E-state index is 13.7. The van der Waals surface area contributed by atoms with Crippen molar-refractivity contribution in [3.63, 3.8) is 0 Å². The number of carboxylic acids is 1. The van der Waals surface area contributed by atoms with Crippen molar-refractivity contribution in [2.75, 3.05) is 11.6 Å². The van der Waals surface area contributed by atoms with E-state index in [1.807, 2.05) is 6.07 Å². The van der Waals surface area contributed by atoms with E-state index in [0.29, 0.717) is 11.1 Å². The molecule has 0 saturated carbocycles. The first kappa shape index (κ1) is 33.4. The van der Waals surface area contributed by atoms with Crippen LogP contribution in [0.2, 0.25) is 0 Å². The number of rotatable bonds is 12. The Kier molecular flexibility index (Phi) is 12.0. The SMILES string of the molecule is CC(C)(C)OC(=O)C[C@H](NC(=O)OCc1ccccc1)C(=O)N1CSC[C@H]1C(=O)N[C@@H](Cc1ccccc1)C(O)C(=O)O. The van der Waals surface area contributed by atoms with Gasteiger partial charge < -0.3 is 35.2 Å². The minimum atomic E-state index is -1.90. The molecule has 0 radical (unpaired) electrons. The third-order valence-electron chi connectivity index (χ3n) is 6.32. The molecule has 0 aliphatic carbocycles. The van der Waals surface area contributed by atoms with Crippen molar-refractivity contribution >= 4 is 41.6 Å². The molecular formula is C30H37N3O9S. The number of hydrogen-bond donors (Lipinski definition) is 4. The standard InChI is InChI=1S/C30H37N3O9S/c1-30(2,3)42-24(34)15-22(32-29(40)41-16-20-12-8-5-9-13-20)27(37)33-18-43-17-23(33)26(36)31-21(25(35)28(38)39)14-19-10-6-4-7-11-19/h4-13,21-23,25,35H,14-18H2,1-3H3,(H,31,36)(H,32,40)(H,38,39)/t21-,22-,23-,25?/m0/s1. The van der Waals surface area contributed by atoms with Gasteiger partial charge in [0.15, 0.2) is 6.10 Å². The number of ether oxygens (including phenoxy) is 2. The number of thioether (sulfide) groups is 1. The van der Waals surface area contributed by atoms with Crippen molar-refractivity contribution in [1.82, 2.24) is 15.5 Å². The molecule has 1 saturated heterocycles. The van der Waals surface area contributed by atoms with Crippen LogP contribution in [0.25, 0.3) is 0 Å². The quantitative estimate of drug-likeness (QED) is 0.259. The Balaban J connectivity index is 1.75. The zero-order valence-electron chi connectivity index (χ0n) is 24.2. The lowest BCUT2D eigenvalue weighted by atomic mass is 10.0. The van der Waals surface area contributed by atoms with E-state index in [9.17, 15) is 34.2 Å². The number of carbonyl (C=O) groups excluding carboxylic acids is 4. The molecule has 0 aromatic heterocycles. The molecule has 13 heteroatoms. The highest BCUT2D eigenvalue weighted by atomic mass is 32.2. The van der Waals surface area contributed by atoms with E-state index < -0.39 is 66.1 Å². The maximum Gasteiger partial charge on any atom is 0.408 e. The Morgan fingerprint density at radius 3 is 2.16 bits per heavy atom. The van der Waals surface area contributed by atoms with Crippen LogP contribution in [-0.4, -0.2) is 86.4 Å². The van der Waals surface area contributed by atoms with E-state index in [0.717, 1.165) is 0 Å². The zero-order chi connectivity index (χ0) is 31.6. The number of alkyl carbamates (subject to hydrolysis) is 1. The third kappa shape index (κ3) is 10.6. The van der Waals surface area contributed by atoms with Crippen LogP contribution in [0, 0.1) is 0 Å². The fourth-order valence-electron chi connectivity index (χ4n) is 4.29. The molecule has 1 heterocycles. The zero-order valence-corrected chi connectivity index (χ0v) is 25.0. The van der Waals surface area contributed by atoms with Gasteiger partial charge in [0.05, 0.1) is 18.3 Å². The molecule has 0 spiro atoms. The molecule has 0 bridgehead atoms. The minimum Gasteiger partial charge on any atom is -0.479 e. The number of benzene rings is 2. The summed E-state index contributed by atoms with van der Waals surface area (Å²) in [4.78, 5) is 65.2. The molecule has 3 amide bonds. The Bertz CT molecular complexity index is 1270. The molecule has 4 atom stereocenters. The minimum absolute atomic E-state index is 0.0317. The lowest BCUT2D eigenvalue weighted by Crippen LogP contribution is -2.57. The maximum atomic E-state index is 13.7. The number of carboxylic acid groups (broad SMARTS) is 1. The Morgan fingerprint density at radius 1 is 0.977 bits per heavy atom. The number of carbonyl (C=O) groups is 5. The van der Waals surface area contributed by atoms with Crippen molar-refractivity contribution in [2.45, 2.75) is 70.1 Å². The van der Waals surface area contributed by atoms with Crippen molar-refractivity contribution in [3.8, 4) is 0 Å². The fraction of sp³-hybridized carbons (Fsp3) is 0.433. The molecule has 1 aliphatic heterocycles. The van der Waals surface area contributed by atoms with Gasteiger partial charge in [-0.3, -0.25) is 14.4 Å². The lowest BCUT2D eigenvalue weighted by molar-refractivity contribution is -0.157. The van der Waals surface area contributed by atoms with E-state index in [-0.39, 0.29) is 24.7 Å². The van der Waals surface area contributed by atoms with Crippen LogP contribution in [-0.2, 0) is 41.7 Å². The molecule has 3 rings (SSSR count). The van der Waals surface area contributed by atoms with Crippen LogP contribution >= 0.6 is 11.8 Å². The van der Waals surface area contributed by atoms with Gasteiger partial charge in [-0.15, -0.1) is 11.8 Å². The van der Waals surface area contributed by atoms with Gasteiger partial charge >= 0.3 is 18.0 Å². The van der Waals surface area contributed by atoms with Gasteiger partial charge in [0, 0.05) is 5.75 Å². The number of nitrogens with zero attached hydrogens (tertiary/aromatic N) is 1. The molecule has 12 nitrogen and oxygen atoms in total. The van der Waals surface area contributed by atoms with Crippen molar-refractivity contribution < 1.29 is 43.7 Å². The van der Waals surface area contributed by atoms with Crippen molar-refractivity contribution in [2.24, 2.45) is 0 Å². The number of amides is 3. The molecule has 2 aromatic carbocycles. The summed E-state index contributed by atoms with van der Waals surface area (Å²) in [6.07, 6.45) is -3.32. The van der Waals surface area contributed by atoms with Crippen LogP contribution in [0.3, 0.4) is 0 Å². The summed E-state index contributed by atoms with van der Waals surface area (Å²) in [5.74, 6) is -3.39. The van der Waals surface area contributed by atoms with E-state index in [1.165, 1.54) is 16.7 Å². The van der Waals surface area contributed by atoms with Gasteiger partial charge in [-0.05, 0) is 38.3 Å². The molecule has 2 aromatic rings. The number of aliphatic carboxylic acids is 1. The van der Waals surface area contributed by atoms with Gasteiger partial charge in [-0.1, -0.05) is 60.7 Å². The largest absolute Gasteiger partial charge is 0.479 e. The number of esters is 1. The fourth-order valence-corrected chi connectivity index (χ4v) is 5.46. The molecule has 1 aliphatic rings. The summed E-state index contributed by atoms with van der Waals surface area (Å²) in [5.41, 5.74) is 0.565. The van der Waals surface area contributed by atoms with Gasteiger partial charge in [-0.25, -0.2) is 9.59 Å². The monoisotopic (exact) mass is 615 g/mol. The van der Waals surface area contributed by atoms with E-state index in [2.05, 4.69) is 10.6 Å². The second-order valence-electron chi connectivity index (χ2n) is 11.0. The van der Waals surface area contributed by atoms with Crippen LogP contribution < -0.4 is 10.6 Å². The first-order chi connectivity index (χ1) is 20.3. The smallest absolute Gasteiger partial charge is 0.408 e. The highest BCUT2D eigenvalue weighted by Gasteiger charge is 2.41. The topological polar surface area (TPSA) is 172 Å². The normalized spacial score (nSPS) is 16.8. The van der Waals surface area contributed by atoms with Crippen molar-refractivity contribution in [3.05, 3.63) is 71.8 Å². The summed E-state index contributed by atoms with van der Waals surface area (Å²) in [7, 11) is 0. The molecule has 232 valence electrons. The second-order valence-corrected chi connectivity index (χ2v) is 12.0. The van der Waals surface area contributed by atoms with Crippen LogP contribution in [0.15, 0.2) is 60.7 Å². The molecule has 1 fully saturated rings. The Morgan fingerprint density at radius 2 is 1.58 bits per heavy atom. The number of aliphatic hydroxyl groups is 1. The predicted octanol–water partition coefficient (Wildman–Crippen LogP) is 2.09. The number of nitrogens with one attached hydrogen (secondary N) is 2. The van der Waals surface area contributed by atoms with Gasteiger partial charge in [0.25, 0.3) is 0 Å². The van der Waals surface area contributed by atoms with Crippen molar-refractivity contribution in [1.29, 1.82) is 0 Å². The highest BCUT2D eigenvalue weighted by molar-refractivity contribution is 7.99.